The molecule has 1 aliphatic rings. The van der Waals surface area contributed by atoms with E-state index in [9.17, 15) is 9.59 Å². The predicted molar refractivity (Wildman–Crippen MR) is 81.6 cm³/mol. The van der Waals surface area contributed by atoms with E-state index in [1.54, 1.807) is 29.3 Å². The minimum atomic E-state index is -0.204. The molecule has 2 amide bonds. The Bertz CT molecular complexity index is 669. The molecular weight excluding hydrogens is 310 g/mol. The molecule has 3 heterocycles. The van der Waals surface area contributed by atoms with Crippen molar-refractivity contribution in [2.24, 2.45) is 5.92 Å². The number of aromatic nitrogens is 1. The smallest absolute Gasteiger partial charge is 0.263 e. The second-order valence-electron chi connectivity index (χ2n) is 4.72. The fourth-order valence-corrected chi connectivity index (χ4v) is 2.94. The summed E-state index contributed by atoms with van der Waals surface area (Å²) in [5.41, 5.74) is 0.493. The number of likely N-dealkylation sites (tertiary alicyclic amines) is 1. The van der Waals surface area contributed by atoms with Gasteiger partial charge in [0.15, 0.2) is 5.15 Å². The van der Waals surface area contributed by atoms with Crippen LogP contribution in [0.25, 0.3) is 0 Å². The summed E-state index contributed by atoms with van der Waals surface area (Å²) in [5.74, 6) is -0.362. The number of thiophene rings is 1. The van der Waals surface area contributed by atoms with E-state index in [1.807, 2.05) is 11.4 Å². The molecule has 2 aromatic heterocycles. The number of nitrogens with one attached hydrogen (secondary N) is 1. The van der Waals surface area contributed by atoms with Crippen molar-refractivity contribution in [3.8, 4) is 0 Å². The van der Waals surface area contributed by atoms with Crippen molar-refractivity contribution >= 4 is 40.4 Å². The van der Waals surface area contributed by atoms with Crippen LogP contribution in [0.15, 0.2) is 35.8 Å². The third kappa shape index (κ3) is 2.91. The molecule has 0 unspecified atom stereocenters. The zero-order valence-electron chi connectivity index (χ0n) is 11.0. The van der Waals surface area contributed by atoms with Crippen molar-refractivity contribution < 1.29 is 9.59 Å². The number of carbonyl (C=O) groups is 2. The first kappa shape index (κ1) is 14.0. The molecule has 0 aliphatic carbocycles. The summed E-state index contributed by atoms with van der Waals surface area (Å²) in [6, 6.07) is 7.03. The van der Waals surface area contributed by atoms with Gasteiger partial charge in [-0.3, -0.25) is 9.59 Å². The summed E-state index contributed by atoms with van der Waals surface area (Å²) < 4.78 is 0. The largest absolute Gasteiger partial charge is 0.336 e. The van der Waals surface area contributed by atoms with E-state index in [0.717, 1.165) is 0 Å². The zero-order valence-corrected chi connectivity index (χ0v) is 12.5. The Balaban J connectivity index is 1.55. The van der Waals surface area contributed by atoms with Gasteiger partial charge in [-0.2, -0.15) is 0 Å². The second-order valence-corrected chi connectivity index (χ2v) is 6.02. The highest BCUT2D eigenvalue weighted by atomic mass is 35.5. The lowest BCUT2D eigenvalue weighted by Crippen LogP contribution is -2.54. The molecule has 1 saturated heterocycles. The van der Waals surface area contributed by atoms with Crippen LogP contribution in [0.3, 0.4) is 0 Å². The first-order valence-electron chi connectivity index (χ1n) is 6.39. The van der Waals surface area contributed by atoms with E-state index in [-0.39, 0.29) is 22.9 Å². The number of hydrogen-bond donors (Lipinski definition) is 1. The van der Waals surface area contributed by atoms with Gasteiger partial charge in [0, 0.05) is 19.3 Å². The molecule has 5 nitrogen and oxygen atoms in total. The van der Waals surface area contributed by atoms with Crippen molar-refractivity contribution in [3.05, 3.63) is 45.9 Å². The van der Waals surface area contributed by atoms with Crippen molar-refractivity contribution in [2.45, 2.75) is 0 Å². The van der Waals surface area contributed by atoms with Crippen molar-refractivity contribution in [2.75, 3.05) is 18.4 Å². The second kappa shape index (κ2) is 5.83. The van der Waals surface area contributed by atoms with Crippen LogP contribution >= 0.6 is 22.9 Å². The Morgan fingerprint density at radius 1 is 1.33 bits per heavy atom. The maximum absolute atomic E-state index is 12.1. The number of rotatable bonds is 3. The lowest BCUT2D eigenvalue weighted by atomic mass is 9.99. The van der Waals surface area contributed by atoms with E-state index in [0.29, 0.717) is 23.7 Å². The lowest BCUT2D eigenvalue weighted by molar-refractivity contribution is -0.123. The van der Waals surface area contributed by atoms with Gasteiger partial charge in [0.1, 0.15) is 0 Å². The van der Waals surface area contributed by atoms with E-state index in [1.165, 1.54) is 11.3 Å². The highest BCUT2D eigenvalue weighted by Gasteiger charge is 2.36. The lowest BCUT2D eigenvalue weighted by Gasteiger charge is -2.37. The Morgan fingerprint density at radius 3 is 2.81 bits per heavy atom. The SMILES string of the molecule is O=C(Nc1cccnc1Cl)C1CN(C(=O)c2cccs2)C1. The molecular formula is C14H12ClN3O2S. The molecule has 2 aromatic rings. The van der Waals surface area contributed by atoms with Crippen LogP contribution in [0, 0.1) is 5.92 Å². The minimum Gasteiger partial charge on any atom is -0.336 e. The highest BCUT2D eigenvalue weighted by Crippen LogP contribution is 2.24. The van der Waals surface area contributed by atoms with Crippen LogP contribution in [-0.4, -0.2) is 34.8 Å². The Labute approximate surface area is 130 Å². The van der Waals surface area contributed by atoms with Crippen LogP contribution in [0.5, 0.6) is 0 Å². The standard InChI is InChI=1S/C14H12ClN3O2S/c15-12-10(3-1-5-16-12)17-13(19)9-7-18(8-9)14(20)11-4-2-6-21-11/h1-6,9H,7-8H2,(H,17,19). The normalized spacial score (nSPS) is 14.6. The van der Waals surface area contributed by atoms with Crippen LogP contribution in [0.1, 0.15) is 9.67 Å². The molecule has 0 saturated carbocycles. The Kier molecular flexibility index (Phi) is 3.90. The van der Waals surface area contributed by atoms with E-state index >= 15 is 0 Å². The monoisotopic (exact) mass is 321 g/mol. The molecule has 0 atom stereocenters. The average Bonchev–Trinajstić information content (AvgIpc) is 2.93. The third-order valence-electron chi connectivity index (χ3n) is 3.29. The fourth-order valence-electron chi connectivity index (χ4n) is 2.08. The van der Waals surface area contributed by atoms with E-state index in [2.05, 4.69) is 10.3 Å². The van der Waals surface area contributed by atoms with Crippen LogP contribution in [0.2, 0.25) is 5.15 Å². The summed E-state index contributed by atoms with van der Waals surface area (Å²) >= 11 is 7.30. The van der Waals surface area contributed by atoms with Crippen molar-refractivity contribution in [1.82, 2.24) is 9.88 Å². The molecule has 7 heteroatoms. The van der Waals surface area contributed by atoms with Crippen molar-refractivity contribution in [3.63, 3.8) is 0 Å². The zero-order chi connectivity index (χ0) is 14.8. The molecule has 0 aromatic carbocycles. The molecule has 1 N–H and O–H groups in total. The highest BCUT2D eigenvalue weighted by molar-refractivity contribution is 7.12. The van der Waals surface area contributed by atoms with Gasteiger partial charge in [0.2, 0.25) is 5.91 Å². The number of pyridine rings is 1. The Hall–Kier alpha value is -1.92. The molecule has 0 radical (unpaired) electrons. The summed E-state index contributed by atoms with van der Waals surface area (Å²) in [7, 11) is 0. The molecule has 0 spiro atoms. The third-order valence-corrected chi connectivity index (χ3v) is 4.45. The van der Waals surface area contributed by atoms with Gasteiger partial charge >= 0.3 is 0 Å². The summed E-state index contributed by atoms with van der Waals surface area (Å²) in [4.78, 5) is 30.4. The maximum Gasteiger partial charge on any atom is 0.263 e. The molecule has 21 heavy (non-hydrogen) atoms. The average molecular weight is 322 g/mol. The molecule has 108 valence electrons. The quantitative estimate of drug-likeness (QED) is 0.884. The number of amides is 2. The van der Waals surface area contributed by atoms with Gasteiger partial charge in [-0.25, -0.2) is 4.98 Å². The van der Waals surface area contributed by atoms with Gasteiger partial charge in [-0.05, 0) is 23.6 Å². The van der Waals surface area contributed by atoms with Gasteiger partial charge in [0.25, 0.3) is 5.91 Å². The van der Waals surface area contributed by atoms with Gasteiger partial charge in [-0.1, -0.05) is 17.7 Å². The van der Waals surface area contributed by atoms with Gasteiger partial charge in [-0.15, -0.1) is 11.3 Å². The van der Waals surface area contributed by atoms with E-state index in [4.69, 9.17) is 11.6 Å². The number of nitrogens with zero attached hydrogens (tertiary/aromatic N) is 2. The minimum absolute atomic E-state index is 0.0199. The molecule has 1 fully saturated rings. The summed E-state index contributed by atoms with van der Waals surface area (Å²) in [6.07, 6.45) is 1.56. The van der Waals surface area contributed by atoms with E-state index < -0.39 is 0 Å². The number of halogens is 1. The number of anilines is 1. The first-order chi connectivity index (χ1) is 10.1. The Morgan fingerprint density at radius 2 is 2.14 bits per heavy atom. The molecule has 3 rings (SSSR count). The number of carbonyl (C=O) groups excluding carboxylic acids is 2. The van der Waals surface area contributed by atoms with Crippen molar-refractivity contribution in [1.29, 1.82) is 0 Å². The van der Waals surface area contributed by atoms with Crippen LogP contribution in [0.4, 0.5) is 5.69 Å². The molecule has 1 aliphatic heterocycles. The fraction of sp³-hybridized carbons (Fsp3) is 0.214. The van der Waals surface area contributed by atoms with Crippen LogP contribution < -0.4 is 5.32 Å². The summed E-state index contributed by atoms with van der Waals surface area (Å²) in [6.45, 7) is 0.862. The predicted octanol–water partition coefficient (Wildman–Crippen LogP) is 2.51. The van der Waals surface area contributed by atoms with Gasteiger partial charge < -0.3 is 10.2 Å². The van der Waals surface area contributed by atoms with Crippen LogP contribution in [-0.2, 0) is 4.79 Å². The summed E-state index contributed by atoms with van der Waals surface area (Å²) in [5, 5.41) is 4.86. The topological polar surface area (TPSA) is 62.3 Å². The van der Waals surface area contributed by atoms with Gasteiger partial charge in [0.05, 0.1) is 16.5 Å². The number of hydrogen-bond acceptors (Lipinski definition) is 4. The first-order valence-corrected chi connectivity index (χ1v) is 7.65. The molecule has 0 bridgehead atoms. The maximum atomic E-state index is 12.1.